The van der Waals surface area contributed by atoms with Crippen molar-refractivity contribution < 1.29 is 9.53 Å². The van der Waals surface area contributed by atoms with Crippen molar-refractivity contribution in [3.63, 3.8) is 0 Å². The zero-order chi connectivity index (χ0) is 15.4. The van der Waals surface area contributed by atoms with E-state index in [1.165, 1.54) is 0 Å². The van der Waals surface area contributed by atoms with E-state index in [2.05, 4.69) is 26.2 Å². The highest BCUT2D eigenvalue weighted by atomic mass is 79.9. The van der Waals surface area contributed by atoms with Gasteiger partial charge in [0.1, 0.15) is 11.4 Å². The van der Waals surface area contributed by atoms with Crippen LogP contribution in [0.3, 0.4) is 0 Å². The molecule has 112 valence electrons. The van der Waals surface area contributed by atoms with Crippen molar-refractivity contribution in [3.05, 3.63) is 28.2 Å². The third-order valence-corrected chi connectivity index (χ3v) is 4.50. The second kappa shape index (κ2) is 4.47. The molecule has 0 radical (unpaired) electrons. The van der Waals surface area contributed by atoms with E-state index in [4.69, 9.17) is 4.74 Å². The second-order valence-corrected chi connectivity index (χ2v) is 7.04. The first kappa shape index (κ1) is 14.4. The highest BCUT2D eigenvalue weighted by molar-refractivity contribution is 9.10. The molecule has 21 heavy (non-hydrogen) atoms. The Morgan fingerprint density at radius 2 is 2.14 bits per heavy atom. The number of hydrogen-bond donors (Lipinski definition) is 1. The summed E-state index contributed by atoms with van der Waals surface area (Å²) in [7, 11) is 3.42. The third kappa shape index (κ3) is 2.04. The average molecular weight is 352 g/mol. The van der Waals surface area contributed by atoms with Crippen LogP contribution in [0.5, 0.6) is 5.75 Å². The average Bonchev–Trinajstić information content (AvgIpc) is 2.64. The number of aliphatic imine (C=N–C) groups is 1. The lowest BCUT2D eigenvalue weighted by Crippen LogP contribution is -2.53. The number of nitrogens with one attached hydrogen (secondary N) is 1. The van der Waals surface area contributed by atoms with Crippen LogP contribution in [-0.4, -0.2) is 36.5 Å². The minimum Gasteiger partial charge on any atom is -0.487 e. The van der Waals surface area contributed by atoms with Crippen molar-refractivity contribution in [1.29, 1.82) is 0 Å². The number of ether oxygens (including phenoxy) is 1. The van der Waals surface area contributed by atoms with Crippen LogP contribution in [0.25, 0.3) is 0 Å². The smallest absolute Gasteiger partial charge is 0.259 e. The fraction of sp³-hybridized carbons (Fsp3) is 0.467. The number of amides is 1. The zero-order valence-corrected chi connectivity index (χ0v) is 14.1. The van der Waals surface area contributed by atoms with Gasteiger partial charge in [0, 0.05) is 30.6 Å². The van der Waals surface area contributed by atoms with E-state index in [0.29, 0.717) is 12.4 Å². The number of hydrogen-bond acceptors (Lipinski definition) is 3. The number of carbonyl (C=O) groups excluding carboxylic acids is 1. The Bertz CT molecular complexity index is 656. The first-order valence-electron chi connectivity index (χ1n) is 6.81. The molecule has 1 aromatic carbocycles. The summed E-state index contributed by atoms with van der Waals surface area (Å²) < 4.78 is 6.96. The van der Waals surface area contributed by atoms with Crippen molar-refractivity contribution in [1.82, 2.24) is 10.2 Å². The van der Waals surface area contributed by atoms with Gasteiger partial charge in [-0.15, -0.1) is 0 Å². The predicted molar refractivity (Wildman–Crippen MR) is 84.4 cm³/mol. The van der Waals surface area contributed by atoms with Gasteiger partial charge >= 0.3 is 0 Å². The van der Waals surface area contributed by atoms with Crippen LogP contribution in [0.15, 0.2) is 27.7 Å². The van der Waals surface area contributed by atoms with Gasteiger partial charge in [-0.25, -0.2) is 0 Å². The van der Waals surface area contributed by atoms with Crippen molar-refractivity contribution in [2.75, 3.05) is 14.1 Å². The molecule has 0 saturated carbocycles. The lowest BCUT2D eigenvalue weighted by molar-refractivity contribution is -0.133. The van der Waals surface area contributed by atoms with E-state index in [-0.39, 0.29) is 5.91 Å². The molecule has 2 aliphatic heterocycles. The Labute approximate surface area is 132 Å². The monoisotopic (exact) mass is 351 g/mol. The molecule has 0 aliphatic carbocycles. The summed E-state index contributed by atoms with van der Waals surface area (Å²) >= 11 is 3.48. The number of likely N-dealkylation sites (N-methyl/N-ethyl adjacent to an activating group) is 1. The van der Waals surface area contributed by atoms with E-state index < -0.39 is 11.1 Å². The largest absolute Gasteiger partial charge is 0.487 e. The third-order valence-electron chi connectivity index (χ3n) is 4.00. The summed E-state index contributed by atoms with van der Waals surface area (Å²) in [6, 6.07) is 5.77. The Kier molecular flexibility index (Phi) is 3.06. The van der Waals surface area contributed by atoms with E-state index >= 15 is 0 Å². The molecule has 5 nitrogen and oxygen atoms in total. The van der Waals surface area contributed by atoms with Gasteiger partial charge in [0.2, 0.25) is 5.96 Å². The molecule has 1 N–H and O–H groups in total. The minimum atomic E-state index is -0.815. The maximum atomic E-state index is 12.9. The Balaban J connectivity index is 2.23. The molecule has 3 rings (SSSR count). The fourth-order valence-electron chi connectivity index (χ4n) is 3.21. The molecule has 1 fully saturated rings. The van der Waals surface area contributed by atoms with Gasteiger partial charge in [-0.3, -0.25) is 14.7 Å². The topological polar surface area (TPSA) is 53.9 Å². The van der Waals surface area contributed by atoms with Crippen molar-refractivity contribution in [3.8, 4) is 5.75 Å². The maximum absolute atomic E-state index is 12.9. The highest BCUT2D eigenvalue weighted by Gasteiger charge is 2.56. The van der Waals surface area contributed by atoms with Gasteiger partial charge in [0.05, 0.1) is 0 Å². The van der Waals surface area contributed by atoms with Crippen LogP contribution in [0.1, 0.15) is 25.8 Å². The van der Waals surface area contributed by atoms with Gasteiger partial charge in [-0.1, -0.05) is 15.9 Å². The number of fused-ring (bicyclic) bond motifs is 2. The molecule has 1 unspecified atom stereocenters. The molecular formula is C15H18BrN3O2. The van der Waals surface area contributed by atoms with Crippen LogP contribution in [-0.2, 0) is 10.3 Å². The Morgan fingerprint density at radius 3 is 2.76 bits per heavy atom. The first-order chi connectivity index (χ1) is 9.79. The van der Waals surface area contributed by atoms with E-state index in [1.54, 1.807) is 19.0 Å². The summed E-state index contributed by atoms with van der Waals surface area (Å²) in [4.78, 5) is 18.7. The summed E-state index contributed by atoms with van der Waals surface area (Å²) in [6.07, 6.45) is 0.547. The Morgan fingerprint density at radius 1 is 1.43 bits per heavy atom. The van der Waals surface area contributed by atoms with E-state index in [9.17, 15) is 4.79 Å². The van der Waals surface area contributed by atoms with Gasteiger partial charge in [-0.2, -0.15) is 0 Å². The van der Waals surface area contributed by atoms with Crippen LogP contribution >= 0.6 is 15.9 Å². The second-order valence-electron chi connectivity index (χ2n) is 6.12. The number of benzene rings is 1. The van der Waals surface area contributed by atoms with Gasteiger partial charge in [0.15, 0.2) is 5.54 Å². The van der Waals surface area contributed by atoms with Gasteiger partial charge in [-0.05, 0) is 32.0 Å². The summed E-state index contributed by atoms with van der Waals surface area (Å²) in [5, 5.41) is 3.32. The molecule has 1 spiro atoms. The minimum absolute atomic E-state index is 0.00109. The number of nitrogens with zero attached hydrogens (tertiary/aromatic N) is 2. The molecule has 0 bridgehead atoms. The first-order valence-corrected chi connectivity index (χ1v) is 7.60. The molecule has 0 aromatic heterocycles. The van der Waals surface area contributed by atoms with Crippen LogP contribution < -0.4 is 10.1 Å². The number of rotatable bonds is 0. The Hall–Kier alpha value is -1.56. The lowest BCUT2D eigenvalue weighted by Gasteiger charge is -2.42. The lowest BCUT2D eigenvalue weighted by atomic mass is 9.77. The SMILES string of the molecule is CN=C1NC2(CC(C)(C)Oc3ccc(Br)cc32)C(=O)N1C. The number of guanidine groups is 1. The molecular weight excluding hydrogens is 334 g/mol. The zero-order valence-electron chi connectivity index (χ0n) is 12.5. The predicted octanol–water partition coefficient (Wildman–Crippen LogP) is 2.25. The summed E-state index contributed by atoms with van der Waals surface area (Å²) in [5.74, 6) is 1.32. The standard InChI is InChI=1S/C15H18BrN3O2/c1-14(2)8-15(12(20)19(4)13(17-3)18-15)10-7-9(16)5-6-11(10)21-14/h5-7H,8H2,1-4H3,(H,17,18). The summed E-state index contributed by atoms with van der Waals surface area (Å²) in [5.41, 5.74) is -0.399. The van der Waals surface area contributed by atoms with Crippen LogP contribution in [0.4, 0.5) is 0 Å². The molecule has 2 heterocycles. The van der Waals surface area contributed by atoms with E-state index in [1.807, 2.05) is 32.0 Å². The maximum Gasteiger partial charge on any atom is 0.259 e. The molecule has 2 aliphatic rings. The molecule has 6 heteroatoms. The summed E-state index contributed by atoms with van der Waals surface area (Å²) in [6.45, 7) is 3.99. The number of carbonyl (C=O) groups is 1. The molecule has 1 amide bonds. The van der Waals surface area contributed by atoms with Gasteiger partial charge < -0.3 is 10.1 Å². The van der Waals surface area contributed by atoms with Crippen LogP contribution in [0, 0.1) is 0 Å². The molecule has 1 aromatic rings. The van der Waals surface area contributed by atoms with Crippen molar-refractivity contribution in [2.24, 2.45) is 4.99 Å². The molecule has 1 atom stereocenters. The number of halogens is 1. The highest BCUT2D eigenvalue weighted by Crippen LogP contribution is 2.47. The van der Waals surface area contributed by atoms with Gasteiger partial charge in [0.25, 0.3) is 5.91 Å². The van der Waals surface area contributed by atoms with E-state index in [0.717, 1.165) is 15.8 Å². The quantitative estimate of drug-likeness (QED) is 0.779. The normalized spacial score (nSPS) is 28.5. The fourth-order valence-corrected chi connectivity index (χ4v) is 3.57. The molecule has 1 saturated heterocycles. The van der Waals surface area contributed by atoms with Crippen molar-refractivity contribution >= 4 is 27.8 Å². The van der Waals surface area contributed by atoms with Crippen molar-refractivity contribution in [2.45, 2.75) is 31.4 Å². The van der Waals surface area contributed by atoms with Crippen LogP contribution in [0.2, 0.25) is 0 Å².